The molecule has 196 valence electrons. The first-order valence-corrected chi connectivity index (χ1v) is 13.5. The molecule has 1 heterocycles. The summed E-state index contributed by atoms with van der Waals surface area (Å²) in [5, 5.41) is 9.34. The maximum absolute atomic E-state index is 13.3. The standard InChI is InChI=1S/C30H42FN3O2/c1-4-6-7-8-30(25-9-10-26(21-32)24(3)20-25)34-17-15-33(16-18-34)22-29(23-35-19-5-2)36-28-13-11-27(31)12-14-28/h9-14,20,29-30H,4-8,15-19,22-23H2,1-3H3. The van der Waals surface area contributed by atoms with Crippen molar-refractivity contribution in [2.45, 2.75) is 65.0 Å². The van der Waals surface area contributed by atoms with E-state index in [1.165, 1.54) is 37.0 Å². The normalized spacial score (nSPS) is 16.4. The van der Waals surface area contributed by atoms with Crippen molar-refractivity contribution in [2.24, 2.45) is 0 Å². The Morgan fingerprint density at radius 1 is 1.00 bits per heavy atom. The minimum Gasteiger partial charge on any atom is -0.487 e. The summed E-state index contributed by atoms with van der Waals surface area (Å²) in [7, 11) is 0. The third-order valence-electron chi connectivity index (χ3n) is 6.91. The molecule has 1 fully saturated rings. The van der Waals surface area contributed by atoms with Crippen LogP contribution in [-0.2, 0) is 4.74 Å². The second-order valence-electron chi connectivity index (χ2n) is 9.80. The molecule has 0 N–H and O–H groups in total. The maximum atomic E-state index is 13.3. The molecule has 0 amide bonds. The summed E-state index contributed by atoms with van der Waals surface area (Å²) < 4.78 is 25.3. The highest BCUT2D eigenvalue weighted by molar-refractivity contribution is 5.40. The van der Waals surface area contributed by atoms with Crippen LogP contribution in [0.2, 0.25) is 0 Å². The number of hydrogen-bond donors (Lipinski definition) is 0. The van der Waals surface area contributed by atoms with Gasteiger partial charge in [0.05, 0.1) is 18.2 Å². The molecule has 0 saturated carbocycles. The van der Waals surface area contributed by atoms with E-state index in [1.807, 2.05) is 13.0 Å². The average molecular weight is 496 g/mol. The van der Waals surface area contributed by atoms with Crippen LogP contribution >= 0.6 is 0 Å². The zero-order valence-electron chi connectivity index (χ0n) is 22.2. The molecule has 0 bridgehead atoms. The predicted molar refractivity (Wildman–Crippen MR) is 143 cm³/mol. The number of nitrogens with zero attached hydrogens (tertiary/aromatic N) is 3. The fourth-order valence-electron chi connectivity index (χ4n) is 4.90. The lowest BCUT2D eigenvalue weighted by Crippen LogP contribution is -2.50. The Bertz CT molecular complexity index is 952. The van der Waals surface area contributed by atoms with Crippen molar-refractivity contribution in [1.29, 1.82) is 5.26 Å². The van der Waals surface area contributed by atoms with Gasteiger partial charge in [-0.25, -0.2) is 4.39 Å². The SMILES string of the molecule is CCCCCC(c1ccc(C#N)c(C)c1)N1CCN(CC(COCCC)Oc2ccc(F)cc2)CC1. The van der Waals surface area contributed by atoms with Crippen LogP contribution in [0.5, 0.6) is 5.75 Å². The van der Waals surface area contributed by atoms with Crippen LogP contribution in [0.3, 0.4) is 0 Å². The van der Waals surface area contributed by atoms with E-state index in [1.54, 1.807) is 12.1 Å². The monoisotopic (exact) mass is 495 g/mol. The molecule has 1 aliphatic rings. The smallest absolute Gasteiger partial charge is 0.135 e. The molecule has 3 rings (SSSR count). The molecule has 6 heteroatoms. The molecule has 1 aliphatic heterocycles. The highest BCUT2D eigenvalue weighted by Crippen LogP contribution is 2.29. The molecule has 0 spiro atoms. The third kappa shape index (κ3) is 8.58. The number of piperazine rings is 1. The zero-order valence-corrected chi connectivity index (χ0v) is 22.2. The van der Waals surface area contributed by atoms with Crippen LogP contribution in [0.1, 0.15) is 68.7 Å². The number of aryl methyl sites for hydroxylation is 1. The van der Waals surface area contributed by atoms with Crippen molar-refractivity contribution in [1.82, 2.24) is 9.80 Å². The molecule has 0 aromatic heterocycles. The Hall–Kier alpha value is -2.46. The average Bonchev–Trinajstić information content (AvgIpc) is 2.89. The second kappa shape index (κ2) is 14.9. The van der Waals surface area contributed by atoms with Gasteiger partial charge in [0.1, 0.15) is 17.7 Å². The van der Waals surface area contributed by atoms with E-state index in [-0.39, 0.29) is 11.9 Å². The van der Waals surface area contributed by atoms with Crippen molar-refractivity contribution in [2.75, 3.05) is 45.9 Å². The lowest BCUT2D eigenvalue weighted by Gasteiger charge is -2.40. The number of rotatable bonds is 14. The summed E-state index contributed by atoms with van der Waals surface area (Å²) in [5.41, 5.74) is 3.14. The Morgan fingerprint density at radius 2 is 1.75 bits per heavy atom. The Balaban J connectivity index is 1.62. The van der Waals surface area contributed by atoms with Gasteiger partial charge in [-0.05, 0) is 61.2 Å². The fourth-order valence-corrected chi connectivity index (χ4v) is 4.90. The van der Waals surface area contributed by atoms with Gasteiger partial charge in [-0.15, -0.1) is 0 Å². The first-order chi connectivity index (χ1) is 17.5. The molecule has 2 atom stereocenters. The summed E-state index contributed by atoms with van der Waals surface area (Å²) in [6.07, 6.45) is 5.67. The van der Waals surface area contributed by atoms with E-state index < -0.39 is 0 Å². The van der Waals surface area contributed by atoms with Crippen LogP contribution in [0.25, 0.3) is 0 Å². The Kier molecular flexibility index (Phi) is 11.7. The predicted octanol–water partition coefficient (Wildman–Crippen LogP) is 6.12. The first-order valence-electron chi connectivity index (χ1n) is 13.5. The number of ether oxygens (including phenoxy) is 2. The van der Waals surface area contributed by atoms with Gasteiger partial charge < -0.3 is 9.47 Å². The first kappa shape index (κ1) is 28.1. The van der Waals surface area contributed by atoms with Gasteiger partial charge in [0.25, 0.3) is 0 Å². The molecule has 36 heavy (non-hydrogen) atoms. The molecule has 5 nitrogen and oxygen atoms in total. The van der Waals surface area contributed by atoms with E-state index in [0.29, 0.717) is 25.0 Å². The number of halogens is 1. The summed E-state index contributed by atoms with van der Waals surface area (Å²) in [6, 6.07) is 15.2. The molecule has 0 radical (unpaired) electrons. The molecular weight excluding hydrogens is 453 g/mol. The molecule has 2 unspecified atom stereocenters. The van der Waals surface area contributed by atoms with Gasteiger partial charge in [-0.3, -0.25) is 9.80 Å². The van der Waals surface area contributed by atoms with Gasteiger partial charge in [0.15, 0.2) is 0 Å². The number of benzene rings is 2. The summed E-state index contributed by atoms with van der Waals surface area (Å²) in [4.78, 5) is 5.06. The number of nitriles is 1. The molecule has 2 aromatic carbocycles. The van der Waals surface area contributed by atoms with Gasteiger partial charge in [0, 0.05) is 45.4 Å². The fraction of sp³-hybridized carbons (Fsp3) is 0.567. The van der Waals surface area contributed by atoms with Gasteiger partial charge in [-0.2, -0.15) is 5.26 Å². The summed E-state index contributed by atoms with van der Waals surface area (Å²) >= 11 is 0. The van der Waals surface area contributed by atoms with Crippen LogP contribution < -0.4 is 4.74 Å². The minimum atomic E-state index is -0.261. The number of hydrogen-bond acceptors (Lipinski definition) is 5. The van der Waals surface area contributed by atoms with E-state index in [9.17, 15) is 9.65 Å². The highest BCUT2D eigenvalue weighted by atomic mass is 19.1. The summed E-state index contributed by atoms with van der Waals surface area (Å²) in [6.45, 7) is 12.3. The lowest BCUT2D eigenvalue weighted by molar-refractivity contribution is 0.0140. The van der Waals surface area contributed by atoms with Crippen molar-refractivity contribution in [3.05, 3.63) is 65.0 Å². The minimum absolute atomic E-state index is 0.102. The Morgan fingerprint density at radius 3 is 2.39 bits per heavy atom. The summed E-state index contributed by atoms with van der Waals surface area (Å²) in [5.74, 6) is 0.413. The van der Waals surface area contributed by atoms with Crippen molar-refractivity contribution in [3.63, 3.8) is 0 Å². The highest BCUT2D eigenvalue weighted by Gasteiger charge is 2.27. The topological polar surface area (TPSA) is 48.7 Å². The van der Waals surface area contributed by atoms with Crippen molar-refractivity contribution in [3.8, 4) is 11.8 Å². The quantitative estimate of drug-likeness (QED) is 0.296. The van der Waals surface area contributed by atoms with E-state index >= 15 is 0 Å². The molecule has 1 saturated heterocycles. The van der Waals surface area contributed by atoms with Gasteiger partial charge in [0.2, 0.25) is 0 Å². The molecular formula is C30H42FN3O2. The van der Waals surface area contributed by atoms with E-state index in [4.69, 9.17) is 9.47 Å². The number of unbranched alkanes of at least 4 members (excludes halogenated alkanes) is 2. The largest absolute Gasteiger partial charge is 0.487 e. The molecule has 2 aromatic rings. The van der Waals surface area contributed by atoms with Crippen LogP contribution in [0, 0.1) is 24.1 Å². The molecule has 0 aliphatic carbocycles. The van der Waals surface area contributed by atoms with Gasteiger partial charge >= 0.3 is 0 Å². The van der Waals surface area contributed by atoms with Crippen molar-refractivity contribution >= 4 is 0 Å². The van der Waals surface area contributed by atoms with E-state index in [2.05, 4.69) is 41.8 Å². The Labute approximate surface area is 216 Å². The van der Waals surface area contributed by atoms with Crippen LogP contribution in [0.4, 0.5) is 4.39 Å². The van der Waals surface area contributed by atoms with Gasteiger partial charge in [-0.1, -0.05) is 45.2 Å². The van der Waals surface area contributed by atoms with Crippen molar-refractivity contribution < 1.29 is 13.9 Å². The second-order valence-corrected chi connectivity index (χ2v) is 9.80. The van der Waals surface area contributed by atoms with E-state index in [0.717, 1.165) is 56.7 Å². The maximum Gasteiger partial charge on any atom is 0.135 e. The van der Waals surface area contributed by atoms with Crippen LogP contribution in [-0.4, -0.2) is 61.8 Å². The lowest BCUT2D eigenvalue weighted by atomic mass is 9.95. The zero-order chi connectivity index (χ0) is 25.8. The van der Waals surface area contributed by atoms with Crippen LogP contribution in [0.15, 0.2) is 42.5 Å². The third-order valence-corrected chi connectivity index (χ3v) is 6.91.